The number of carbonyl (C=O) groups is 1. The Hall–Kier alpha value is -4.25. The van der Waals surface area contributed by atoms with Crippen molar-refractivity contribution >= 4 is 39.5 Å². The summed E-state index contributed by atoms with van der Waals surface area (Å²) < 4.78 is 10.5. The molecule has 0 saturated carbocycles. The Morgan fingerprint density at radius 3 is 3.06 bits per heavy atom. The number of aromatic amines is 1. The molecule has 0 unspecified atom stereocenters. The van der Waals surface area contributed by atoms with Crippen molar-refractivity contribution in [1.29, 1.82) is 5.26 Å². The molecule has 5 rings (SSSR count). The van der Waals surface area contributed by atoms with Gasteiger partial charge >= 0.3 is 12.0 Å². The minimum Gasteiger partial charge on any atom is -0.466 e. The maximum Gasteiger partial charge on any atom is 0.329 e. The molecule has 14 heteroatoms. The van der Waals surface area contributed by atoms with E-state index in [2.05, 4.69) is 40.8 Å². The molecule has 1 saturated heterocycles. The maximum atomic E-state index is 12.6. The van der Waals surface area contributed by atoms with Crippen LogP contribution in [0.3, 0.4) is 0 Å². The number of rotatable bonds is 5. The van der Waals surface area contributed by atoms with Gasteiger partial charge in [0.2, 0.25) is 5.13 Å². The zero-order valence-electron chi connectivity index (χ0n) is 16.8. The van der Waals surface area contributed by atoms with Gasteiger partial charge in [0.05, 0.1) is 43.9 Å². The van der Waals surface area contributed by atoms with E-state index in [1.807, 2.05) is 6.07 Å². The number of anilines is 2. The first-order valence-electron chi connectivity index (χ1n) is 9.47. The fraction of sp³-hybridized carbons (Fsp3) is 0.278. The zero-order valence-corrected chi connectivity index (χ0v) is 17.6. The number of nitriles is 1. The van der Waals surface area contributed by atoms with E-state index in [9.17, 15) is 10.1 Å². The number of nitrogens with zero attached hydrogens (tertiary/aromatic N) is 8. The number of fused-ring (bicyclic) bond motifs is 1. The van der Waals surface area contributed by atoms with Crippen molar-refractivity contribution in [3.63, 3.8) is 0 Å². The molecular formula is C18H17N11O2S. The Kier molecular flexibility index (Phi) is 4.59. The molecule has 4 N–H and O–H groups in total. The second-order valence-electron chi connectivity index (χ2n) is 7.27. The van der Waals surface area contributed by atoms with Gasteiger partial charge in [0.1, 0.15) is 17.5 Å². The van der Waals surface area contributed by atoms with Crippen LogP contribution < -0.4 is 15.8 Å². The molecule has 0 aromatic carbocycles. The molecule has 13 nitrogen and oxygen atoms in total. The summed E-state index contributed by atoms with van der Waals surface area (Å²) in [6.07, 6.45) is 5.16. The predicted molar refractivity (Wildman–Crippen MR) is 115 cm³/mol. The smallest absolute Gasteiger partial charge is 0.329 e. The third-order valence-corrected chi connectivity index (χ3v) is 5.92. The van der Waals surface area contributed by atoms with Crippen molar-refractivity contribution in [2.45, 2.75) is 12.0 Å². The van der Waals surface area contributed by atoms with Gasteiger partial charge < -0.3 is 20.4 Å². The van der Waals surface area contributed by atoms with E-state index in [1.165, 1.54) is 13.4 Å². The molecule has 1 aliphatic heterocycles. The predicted octanol–water partition coefficient (Wildman–Crippen LogP) is 1.42. The molecule has 0 aliphatic carbocycles. The third kappa shape index (κ3) is 3.15. The highest BCUT2D eigenvalue weighted by atomic mass is 32.1. The molecule has 162 valence electrons. The van der Waals surface area contributed by atoms with Gasteiger partial charge in [-0.2, -0.15) is 15.3 Å². The Bertz CT molecular complexity index is 1340. The SMILES string of the molecule is COc1nsc(NC(=O)N2CC(CC#N)(n3cc(-c4ncnc5[nH]ccc45)c(N)n3)C2)n1. The topological polar surface area (TPSA) is 177 Å². The van der Waals surface area contributed by atoms with Gasteiger partial charge in [-0.25, -0.2) is 14.8 Å². The van der Waals surface area contributed by atoms with Crippen molar-refractivity contribution in [2.75, 3.05) is 31.2 Å². The first-order chi connectivity index (χ1) is 15.5. The van der Waals surface area contributed by atoms with Gasteiger partial charge in [0, 0.05) is 29.3 Å². The van der Waals surface area contributed by atoms with E-state index in [0.29, 0.717) is 22.0 Å². The lowest BCUT2D eigenvalue weighted by molar-refractivity contribution is 0.0402. The average Bonchev–Trinajstić information content (AvgIpc) is 3.49. The highest BCUT2D eigenvalue weighted by Gasteiger charge is 2.48. The number of H-pyrrole nitrogens is 1. The van der Waals surface area contributed by atoms with E-state index < -0.39 is 5.54 Å². The first-order valence-corrected chi connectivity index (χ1v) is 10.2. The summed E-state index contributed by atoms with van der Waals surface area (Å²) in [5, 5.41) is 17.7. The second-order valence-corrected chi connectivity index (χ2v) is 8.02. The average molecular weight is 451 g/mol. The summed E-state index contributed by atoms with van der Waals surface area (Å²) in [5.41, 5.74) is 7.49. The van der Waals surface area contributed by atoms with Crippen molar-refractivity contribution in [1.82, 2.24) is 39.0 Å². The quantitative estimate of drug-likeness (QED) is 0.405. The fourth-order valence-corrected chi connectivity index (χ4v) is 4.24. The summed E-state index contributed by atoms with van der Waals surface area (Å²) in [6, 6.07) is 3.90. The van der Waals surface area contributed by atoms with Gasteiger partial charge in [0.25, 0.3) is 0 Å². The Balaban J connectivity index is 1.38. The number of nitrogens with two attached hydrogens (primary N) is 1. The van der Waals surface area contributed by atoms with Gasteiger partial charge in [0.15, 0.2) is 5.82 Å². The number of urea groups is 1. The van der Waals surface area contributed by atoms with Crippen LogP contribution in [0.4, 0.5) is 15.7 Å². The summed E-state index contributed by atoms with van der Waals surface area (Å²) in [4.78, 5) is 29.8. The molecule has 0 atom stereocenters. The van der Waals surface area contributed by atoms with Crippen LogP contribution in [0.1, 0.15) is 6.42 Å². The minimum absolute atomic E-state index is 0.160. The highest BCUT2D eigenvalue weighted by Crippen LogP contribution is 2.36. The molecule has 32 heavy (non-hydrogen) atoms. The van der Waals surface area contributed by atoms with Crippen LogP contribution in [-0.2, 0) is 5.54 Å². The van der Waals surface area contributed by atoms with Gasteiger partial charge in [-0.15, -0.1) is 4.37 Å². The summed E-state index contributed by atoms with van der Waals surface area (Å²) in [5.74, 6) is 0.285. The largest absolute Gasteiger partial charge is 0.466 e. The molecule has 0 spiro atoms. The van der Waals surface area contributed by atoms with E-state index in [4.69, 9.17) is 10.5 Å². The molecular weight excluding hydrogens is 434 g/mol. The van der Waals surface area contributed by atoms with Crippen molar-refractivity contribution in [2.24, 2.45) is 0 Å². The number of hydrogen-bond donors (Lipinski definition) is 3. The molecule has 4 aromatic rings. The number of carbonyl (C=O) groups excluding carboxylic acids is 1. The van der Waals surface area contributed by atoms with Gasteiger partial charge in [-0.1, -0.05) is 0 Å². The Labute approximate surface area is 185 Å². The summed E-state index contributed by atoms with van der Waals surface area (Å²) in [6.45, 7) is 0.568. The van der Waals surface area contributed by atoms with Crippen molar-refractivity contribution < 1.29 is 9.53 Å². The monoisotopic (exact) mass is 451 g/mol. The van der Waals surface area contributed by atoms with Gasteiger partial charge in [-0.05, 0) is 6.07 Å². The van der Waals surface area contributed by atoms with Crippen LogP contribution in [-0.4, -0.2) is 65.2 Å². The molecule has 4 aromatic heterocycles. The molecule has 2 amide bonds. The Morgan fingerprint density at radius 2 is 2.31 bits per heavy atom. The number of amides is 2. The number of nitrogens with one attached hydrogen (secondary N) is 2. The van der Waals surface area contributed by atoms with Crippen LogP contribution in [0.5, 0.6) is 6.01 Å². The van der Waals surface area contributed by atoms with Crippen molar-refractivity contribution in [3.8, 4) is 23.3 Å². The molecule has 1 fully saturated rings. The van der Waals surface area contributed by atoms with E-state index in [0.717, 1.165) is 16.9 Å². The second kappa shape index (κ2) is 7.46. The third-order valence-electron chi connectivity index (χ3n) is 5.31. The van der Waals surface area contributed by atoms with Crippen LogP contribution >= 0.6 is 11.5 Å². The number of ether oxygens (including phenoxy) is 1. The number of nitrogen functional groups attached to an aromatic ring is 1. The molecule has 1 aliphatic rings. The van der Waals surface area contributed by atoms with E-state index in [1.54, 1.807) is 22.0 Å². The minimum atomic E-state index is -0.693. The highest BCUT2D eigenvalue weighted by molar-refractivity contribution is 7.10. The standard InChI is InChI=1S/C18H17N11O2S/c1-31-15-24-16(32-27-15)25-17(30)28-7-18(8-28,3-4-19)29-6-11(13(20)26-29)12-10-2-5-21-14(10)23-9-22-12/h2,5-6,9H,3,7-8H2,1H3,(H2,20,26)(H,21,22,23)(H,24,25,27,30). The van der Waals surface area contributed by atoms with Crippen LogP contribution in [0.2, 0.25) is 0 Å². The lowest BCUT2D eigenvalue weighted by Gasteiger charge is -2.48. The normalized spacial score (nSPS) is 14.7. The number of methoxy groups -OCH3 is 1. The molecule has 5 heterocycles. The summed E-state index contributed by atoms with van der Waals surface area (Å²) >= 11 is 1.02. The van der Waals surface area contributed by atoms with E-state index in [-0.39, 0.29) is 37.4 Å². The van der Waals surface area contributed by atoms with Crippen LogP contribution in [0.25, 0.3) is 22.3 Å². The Morgan fingerprint density at radius 1 is 1.47 bits per heavy atom. The number of likely N-dealkylation sites (tertiary alicyclic amines) is 1. The van der Waals surface area contributed by atoms with Crippen LogP contribution in [0, 0.1) is 11.3 Å². The van der Waals surface area contributed by atoms with Crippen LogP contribution in [0.15, 0.2) is 24.8 Å². The maximum absolute atomic E-state index is 12.6. The number of aromatic nitrogens is 7. The molecule has 0 radical (unpaired) electrons. The first kappa shape index (κ1) is 19.7. The lowest BCUT2D eigenvalue weighted by atomic mass is 9.87. The van der Waals surface area contributed by atoms with Gasteiger partial charge in [-0.3, -0.25) is 10.00 Å². The lowest BCUT2D eigenvalue weighted by Crippen LogP contribution is -2.65. The summed E-state index contributed by atoms with van der Waals surface area (Å²) in [7, 11) is 1.45. The zero-order chi connectivity index (χ0) is 22.3. The number of hydrogen-bond acceptors (Lipinski definition) is 10. The van der Waals surface area contributed by atoms with E-state index >= 15 is 0 Å². The molecule has 0 bridgehead atoms. The fourth-order valence-electron chi connectivity index (χ4n) is 3.71. The van der Waals surface area contributed by atoms with Crippen molar-refractivity contribution in [3.05, 3.63) is 24.8 Å².